The van der Waals surface area contributed by atoms with Gasteiger partial charge in [0.25, 0.3) is 11.1 Å². The highest BCUT2D eigenvalue weighted by Gasteiger charge is 2.19. The molecule has 0 unspecified atom stereocenters. The van der Waals surface area contributed by atoms with Crippen molar-refractivity contribution < 1.29 is 4.74 Å². The summed E-state index contributed by atoms with van der Waals surface area (Å²) < 4.78 is 9.68. The predicted molar refractivity (Wildman–Crippen MR) is 106 cm³/mol. The van der Waals surface area contributed by atoms with E-state index in [0.29, 0.717) is 41.8 Å². The molecule has 0 aromatic carbocycles. The molecule has 0 fully saturated rings. The zero-order valence-corrected chi connectivity index (χ0v) is 17.3. The van der Waals surface area contributed by atoms with E-state index >= 15 is 0 Å². The smallest absolute Gasteiger partial charge is 0.330 e. The number of hydrogen-bond acceptors (Lipinski definition) is 4. The molecule has 2 heterocycles. The molecule has 2 aromatic rings. The molecule has 7 heteroatoms. The van der Waals surface area contributed by atoms with Crippen molar-refractivity contribution in [3.63, 3.8) is 0 Å². The van der Waals surface area contributed by atoms with E-state index in [1.54, 1.807) is 25.8 Å². The van der Waals surface area contributed by atoms with Crippen LogP contribution < -0.4 is 21.5 Å². The second kappa shape index (κ2) is 7.98. The quantitative estimate of drug-likeness (QED) is 0.762. The largest absolute Gasteiger partial charge is 0.496 e. The summed E-state index contributed by atoms with van der Waals surface area (Å²) in [7, 11) is 6.48. The zero-order chi connectivity index (χ0) is 20.5. The third-order valence-corrected chi connectivity index (χ3v) is 5.18. The van der Waals surface area contributed by atoms with Crippen LogP contribution >= 0.6 is 0 Å². The number of rotatable bonds is 6. The van der Waals surface area contributed by atoms with Crippen LogP contribution in [-0.2, 0) is 40.4 Å². The predicted octanol–water partition coefficient (Wildman–Crippen LogP) is 1.26. The van der Waals surface area contributed by atoms with Crippen LogP contribution in [0, 0.1) is 0 Å². The van der Waals surface area contributed by atoms with Crippen LogP contribution in [-0.4, -0.2) is 20.8 Å². The summed E-state index contributed by atoms with van der Waals surface area (Å²) in [6, 6.07) is 1.87. The van der Waals surface area contributed by atoms with Crippen LogP contribution in [0.5, 0.6) is 5.75 Å². The molecular formula is C20H29N3O4. The van der Waals surface area contributed by atoms with Gasteiger partial charge in [-0.2, -0.15) is 0 Å². The summed E-state index contributed by atoms with van der Waals surface area (Å²) >= 11 is 0. The maximum atomic E-state index is 12.6. The highest BCUT2D eigenvalue weighted by Crippen LogP contribution is 2.20. The molecule has 148 valence electrons. The minimum absolute atomic E-state index is 0.00803. The fraction of sp³-hybridized carbons (Fsp3) is 0.550. The van der Waals surface area contributed by atoms with Crippen LogP contribution in [0.3, 0.4) is 0 Å². The topological polar surface area (TPSA) is 75.2 Å². The van der Waals surface area contributed by atoms with Gasteiger partial charge in [-0.25, -0.2) is 4.79 Å². The Hall–Kier alpha value is -2.57. The number of aryl methyl sites for hydroxylation is 1. The first-order valence-corrected chi connectivity index (χ1v) is 9.20. The van der Waals surface area contributed by atoms with E-state index in [9.17, 15) is 14.4 Å². The first kappa shape index (κ1) is 20.7. The minimum Gasteiger partial charge on any atom is -0.496 e. The molecule has 0 aliphatic rings. The lowest BCUT2D eigenvalue weighted by Gasteiger charge is -2.19. The summed E-state index contributed by atoms with van der Waals surface area (Å²) in [6.07, 6.45) is 1.60. The summed E-state index contributed by atoms with van der Waals surface area (Å²) in [5, 5.41) is 0. The Balaban J connectivity index is 2.55. The summed E-state index contributed by atoms with van der Waals surface area (Å²) in [5.74, 6) is 0.573. The first-order valence-electron chi connectivity index (χ1n) is 9.20. The van der Waals surface area contributed by atoms with Gasteiger partial charge in [0.05, 0.1) is 12.7 Å². The lowest BCUT2D eigenvalue weighted by Crippen LogP contribution is -2.41. The fourth-order valence-corrected chi connectivity index (χ4v) is 3.56. The van der Waals surface area contributed by atoms with Crippen LogP contribution in [0.4, 0.5) is 0 Å². The van der Waals surface area contributed by atoms with Crippen molar-refractivity contribution in [1.82, 2.24) is 13.7 Å². The molecule has 0 bridgehead atoms. The van der Waals surface area contributed by atoms with E-state index in [2.05, 4.69) is 0 Å². The average Bonchev–Trinajstić information content (AvgIpc) is 2.64. The molecule has 0 atom stereocenters. The summed E-state index contributed by atoms with van der Waals surface area (Å²) in [6.45, 7) is 5.81. The molecule has 0 N–H and O–H groups in total. The summed E-state index contributed by atoms with van der Waals surface area (Å²) in [5.41, 5.74) is 2.13. The van der Waals surface area contributed by atoms with Crippen molar-refractivity contribution in [3.8, 4) is 5.75 Å². The van der Waals surface area contributed by atoms with Gasteiger partial charge in [0.2, 0.25) is 0 Å². The van der Waals surface area contributed by atoms with E-state index in [0.717, 1.165) is 10.3 Å². The monoisotopic (exact) mass is 375 g/mol. The highest BCUT2D eigenvalue weighted by molar-refractivity contribution is 5.34. The Labute approximate surface area is 158 Å². The van der Waals surface area contributed by atoms with Crippen LogP contribution in [0.25, 0.3) is 0 Å². The van der Waals surface area contributed by atoms with Crippen LogP contribution in [0.1, 0.15) is 49.2 Å². The normalized spacial score (nSPS) is 11.3. The second-order valence-electron chi connectivity index (χ2n) is 7.12. The lowest BCUT2D eigenvalue weighted by molar-refractivity contribution is 0.406. The molecule has 0 aliphatic carbocycles. The van der Waals surface area contributed by atoms with E-state index < -0.39 is 0 Å². The Morgan fingerprint density at radius 2 is 1.59 bits per heavy atom. The van der Waals surface area contributed by atoms with Gasteiger partial charge < -0.3 is 13.9 Å². The number of pyridine rings is 1. The second-order valence-corrected chi connectivity index (χ2v) is 7.12. The number of aromatic nitrogens is 3. The van der Waals surface area contributed by atoms with Crippen LogP contribution in [0.2, 0.25) is 0 Å². The lowest BCUT2D eigenvalue weighted by atomic mass is 9.98. The van der Waals surface area contributed by atoms with Gasteiger partial charge >= 0.3 is 5.69 Å². The van der Waals surface area contributed by atoms with Gasteiger partial charge in [0, 0.05) is 44.2 Å². The Morgan fingerprint density at radius 1 is 0.963 bits per heavy atom. The van der Waals surface area contributed by atoms with Gasteiger partial charge in [-0.1, -0.05) is 20.8 Å². The SMILES string of the molecule is CCc1c(OC)cc(CCc2c(C(C)C)c(=O)n(C)c(=O)n2C)n(C)c1=O. The standard InChI is InChI=1S/C20H29N3O4/c1-8-14-16(27-7)11-13(21(4)18(14)24)9-10-15-17(12(2)3)19(25)23(6)20(26)22(15)5/h11-12H,8-10H2,1-7H3. The van der Waals surface area contributed by atoms with Gasteiger partial charge in [-0.05, 0) is 25.2 Å². The Kier molecular flexibility index (Phi) is 6.13. The average molecular weight is 375 g/mol. The van der Waals surface area contributed by atoms with E-state index in [1.165, 1.54) is 11.6 Å². The molecule has 7 nitrogen and oxygen atoms in total. The minimum atomic E-state index is -0.341. The van der Waals surface area contributed by atoms with Crippen molar-refractivity contribution in [3.05, 3.63) is 59.8 Å². The van der Waals surface area contributed by atoms with Crippen molar-refractivity contribution in [1.29, 1.82) is 0 Å². The molecule has 0 amide bonds. The fourth-order valence-electron chi connectivity index (χ4n) is 3.56. The number of methoxy groups -OCH3 is 1. The Bertz CT molecular complexity index is 1030. The molecule has 0 spiro atoms. The highest BCUT2D eigenvalue weighted by atomic mass is 16.5. The molecule has 0 radical (unpaired) electrons. The third kappa shape index (κ3) is 3.63. The molecule has 2 aromatic heterocycles. The van der Waals surface area contributed by atoms with E-state index in [4.69, 9.17) is 4.74 Å². The van der Waals surface area contributed by atoms with Gasteiger partial charge in [0.15, 0.2) is 0 Å². The van der Waals surface area contributed by atoms with Crippen molar-refractivity contribution in [2.45, 2.75) is 46.0 Å². The Morgan fingerprint density at radius 3 is 2.11 bits per heavy atom. The maximum Gasteiger partial charge on any atom is 0.330 e. The first-order chi connectivity index (χ1) is 12.6. The van der Waals surface area contributed by atoms with Crippen molar-refractivity contribution >= 4 is 0 Å². The van der Waals surface area contributed by atoms with Crippen LogP contribution in [0.15, 0.2) is 20.4 Å². The zero-order valence-electron chi connectivity index (χ0n) is 17.3. The molecule has 27 heavy (non-hydrogen) atoms. The molecule has 0 saturated carbocycles. The third-order valence-electron chi connectivity index (χ3n) is 5.18. The van der Waals surface area contributed by atoms with E-state index in [1.807, 2.05) is 26.8 Å². The van der Waals surface area contributed by atoms with Gasteiger partial charge in [-0.15, -0.1) is 0 Å². The maximum absolute atomic E-state index is 12.6. The number of nitrogens with zero attached hydrogens (tertiary/aromatic N) is 3. The summed E-state index contributed by atoms with van der Waals surface area (Å²) in [4.78, 5) is 37.5. The molecule has 0 aliphatic heterocycles. The molecular weight excluding hydrogens is 346 g/mol. The van der Waals surface area contributed by atoms with E-state index in [-0.39, 0.29) is 22.7 Å². The molecule has 2 rings (SSSR count). The van der Waals surface area contributed by atoms with Crippen molar-refractivity contribution in [2.24, 2.45) is 21.1 Å². The van der Waals surface area contributed by atoms with Gasteiger partial charge in [-0.3, -0.25) is 14.2 Å². The van der Waals surface area contributed by atoms with Crippen molar-refractivity contribution in [2.75, 3.05) is 7.11 Å². The molecule has 0 saturated heterocycles. The van der Waals surface area contributed by atoms with Gasteiger partial charge in [0.1, 0.15) is 5.75 Å². The number of ether oxygens (including phenoxy) is 1. The number of hydrogen-bond donors (Lipinski definition) is 0.